The quantitative estimate of drug-likeness (QED) is 0.0341. The second kappa shape index (κ2) is 25.7. The molecule has 0 spiro atoms. The standard InChI is InChI=1S/C51H55N5O16S/c1-29(57)37(19-23-43(58)59)52-50(67)41(27-34-11-7-10-32-8-3-5-12-35(32)34)55-48(65)39(21-25-45(62)63)53-47(64)38(20-24-44(60)61)54-49(66)40(26-30-14-16-31(17-15-30)28-73(69,70)71)56-51(68)46-36-13-6-4-9-33(36)18-22-42(46)72-2/h3-18,22,37-41H,19-21,23-28H2,1-2H3,(H,52,67)(H,53,64)(H,54,66)(H,55,65)(H,56,68)(H,58,59)(H,60,61)(H,62,63)(H,69,70,71)/t37-,38-,39-,40-,41-/m0/s1. The molecule has 0 unspecified atom stereocenters. The third kappa shape index (κ3) is 16.7. The van der Waals surface area contributed by atoms with E-state index in [1.807, 2.05) is 12.1 Å². The second-order valence-corrected chi connectivity index (χ2v) is 18.6. The normalized spacial score (nSPS) is 13.3. The van der Waals surface area contributed by atoms with E-state index in [0.29, 0.717) is 27.3 Å². The minimum atomic E-state index is -4.41. The molecule has 5 aromatic carbocycles. The lowest BCUT2D eigenvalue weighted by Crippen LogP contribution is -2.59. The van der Waals surface area contributed by atoms with Gasteiger partial charge in [0.15, 0.2) is 5.78 Å². The highest BCUT2D eigenvalue weighted by molar-refractivity contribution is 7.85. The van der Waals surface area contributed by atoms with E-state index in [1.165, 1.54) is 31.4 Å². The first-order chi connectivity index (χ1) is 34.6. The Balaban J connectivity index is 1.47. The van der Waals surface area contributed by atoms with Crippen molar-refractivity contribution in [2.75, 3.05) is 7.11 Å². The second-order valence-electron chi connectivity index (χ2n) is 17.1. The molecule has 0 aromatic heterocycles. The summed E-state index contributed by atoms with van der Waals surface area (Å²) in [6, 6.07) is 20.2. The van der Waals surface area contributed by atoms with Crippen molar-refractivity contribution >= 4 is 84.9 Å². The van der Waals surface area contributed by atoms with Crippen LogP contribution in [0.2, 0.25) is 0 Å². The molecule has 5 amide bonds. The van der Waals surface area contributed by atoms with Crippen LogP contribution in [0, 0.1) is 0 Å². The van der Waals surface area contributed by atoms with Gasteiger partial charge in [0, 0.05) is 32.1 Å². The van der Waals surface area contributed by atoms with E-state index >= 15 is 0 Å². The van der Waals surface area contributed by atoms with Crippen LogP contribution in [0.15, 0.2) is 103 Å². The van der Waals surface area contributed by atoms with E-state index in [0.717, 1.165) is 12.3 Å². The number of carboxylic acid groups (broad SMARTS) is 3. The lowest BCUT2D eigenvalue weighted by molar-refractivity contribution is -0.140. The molecule has 0 fully saturated rings. The summed E-state index contributed by atoms with van der Waals surface area (Å²) in [4.78, 5) is 119. The van der Waals surface area contributed by atoms with Crippen molar-refractivity contribution in [2.24, 2.45) is 0 Å². The molecule has 0 saturated heterocycles. The fourth-order valence-corrected chi connectivity index (χ4v) is 8.63. The van der Waals surface area contributed by atoms with Crippen LogP contribution in [0.3, 0.4) is 0 Å². The molecule has 5 atom stereocenters. The zero-order chi connectivity index (χ0) is 53.4. The fraction of sp³-hybridized carbons (Fsp3) is 0.314. The smallest absolute Gasteiger partial charge is 0.303 e. The molecule has 21 nitrogen and oxygen atoms in total. The van der Waals surface area contributed by atoms with Gasteiger partial charge in [0.05, 0.1) is 18.7 Å². The Bertz CT molecular complexity index is 2990. The van der Waals surface area contributed by atoms with Crippen LogP contribution >= 0.6 is 0 Å². The summed E-state index contributed by atoms with van der Waals surface area (Å²) >= 11 is 0. The maximum Gasteiger partial charge on any atom is 0.303 e. The van der Waals surface area contributed by atoms with Crippen LogP contribution in [0.25, 0.3) is 21.5 Å². The fourth-order valence-electron chi connectivity index (χ4n) is 8.02. The van der Waals surface area contributed by atoms with E-state index in [4.69, 9.17) is 4.74 Å². The number of hydrogen-bond acceptors (Lipinski definition) is 12. The molecule has 0 aliphatic carbocycles. The summed E-state index contributed by atoms with van der Waals surface area (Å²) in [6.45, 7) is 1.15. The number of carboxylic acids is 3. The first-order valence-electron chi connectivity index (χ1n) is 22.9. The van der Waals surface area contributed by atoms with Crippen molar-refractivity contribution < 1.29 is 76.2 Å². The number of methoxy groups -OCH3 is 1. The number of nitrogens with one attached hydrogen (secondary N) is 5. The maximum atomic E-state index is 14.4. The van der Waals surface area contributed by atoms with Crippen molar-refractivity contribution in [3.05, 3.63) is 125 Å². The van der Waals surface area contributed by atoms with Crippen molar-refractivity contribution in [1.29, 1.82) is 0 Å². The van der Waals surface area contributed by atoms with Gasteiger partial charge >= 0.3 is 17.9 Å². The Labute approximate surface area is 418 Å². The SMILES string of the molecule is COc1ccc2ccccc2c1C(=O)N[C@@H](Cc1ccc(CS(=O)(=O)O)cc1)C(=O)N[C@@H](CCC(=O)O)C(=O)N[C@@H](CCC(=O)O)C(=O)N[C@@H](Cc1cccc2ccccc12)C(=O)N[C@@H](CCC(=O)O)C(C)=O. The van der Waals surface area contributed by atoms with Crippen molar-refractivity contribution in [2.45, 2.75) is 94.3 Å². The Kier molecular flexibility index (Phi) is 19.6. The Morgan fingerprint density at radius 1 is 0.507 bits per heavy atom. The average Bonchev–Trinajstić information content (AvgIpc) is 3.34. The highest BCUT2D eigenvalue weighted by Crippen LogP contribution is 2.28. The predicted octanol–water partition coefficient (Wildman–Crippen LogP) is 3.10. The van der Waals surface area contributed by atoms with Gasteiger partial charge in [0.25, 0.3) is 16.0 Å². The number of Topliss-reactive ketones (excluding diaryl/α,β-unsaturated/α-hetero) is 1. The third-order valence-corrected chi connectivity index (χ3v) is 12.4. The van der Waals surface area contributed by atoms with E-state index in [2.05, 4.69) is 26.6 Å². The molecule has 5 aromatic rings. The zero-order valence-electron chi connectivity index (χ0n) is 39.7. The van der Waals surface area contributed by atoms with Crippen LogP contribution in [0.1, 0.15) is 72.5 Å². The number of carbonyl (C=O) groups excluding carboxylic acids is 6. The van der Waals surface area contributed by atoms with Crippen LogP contribution in [-0.2, 0) is 67.1 Å². The van der Waals surface area contributed by atoms with Gasteiger partial charge in [0.2, 0.25) is 23.6 Å². The van der Waals surface area contributed by atoms with Gasteiger partial charge < -0.3 is 46.6 Å². The number of benzene rings is 5. The molecular weight excluding hydrogens is 971 g/mol. The molecule has 0 aliphatic rings. The van der Waals surface area contributed by atoms with Gasteiger partial charge in [-0.2, -0.15) is 8.42 Å². The molecule has 0 bridgehead atoms. The first-order valence-corrected chi connectivity index (χ1v) is 24.5. The Morgan fingerprint density at radius 3 is 1.47 bits per heavy atom. The minimum absolute atomic E-state index is 0.0406. The number of ether oxygens (including phenoxy) is 1. The summed E-state index contributed by atoms with van der Waals surface area (Å²) in [6.07, 6.45) is -3.85. The highest BCUT2D eigenvalue weighted by Gasteiger charge is 2.34. The number of rotatable bonds is 27. The average molecular weight is 1030 g/mol. The van der Waals surface area contributed by atoms with Crippen molar-refractivity contribution in [3.63, 3.8) is 0 Å². The summed E-state index contributed by atoms with van der Waals surface area (Å²) in [5.74, 6) is -10.1. The summed E-state index contributed by atoms with van der Waals surface area (Å²) < 4.78 is 37.9. The molecule has 22 heteroatoms. The number of hydrogen-bond donors (Lipinski definition) is 9. The molecule has 0 heterocycles. The van der Waals surface area contributed by atoms with Crippen LogP contribution in [0.5, 0.6) is 5.75 Å². The van der Waals surface area contributed by atoms with Gasteiger partial charge in [-0.1, -0.05) is 97.1 Å². The first kappa shape index (κ1) is 55.7. The van der Waals surface area contributed by atoms with Crippen molar-refractivity contribution in [3.8, 4) is 5.75 Å². The van der Waals surface area contributed by atoms with Gasteiger partial charge in [-0.3, -0.25) is 47.7 Å². The highest BCUT2D eigenvalue weighted by atomic mass is 32.2. The molecule has 0 aliphatic heterocycles. The van der Waals surface area contributed by atoms with Gasteiger partial charge in [-0.05, 0) is 70.5 Å². The van der Waals surface area contributed by atoms with E-state index in [1.54, 1.807) is 66.7 Å². The predicted molar refractivity (Wildman–Crippen MR) is 264 cm³/mol. The topological polar surface area (TPSA) is 338 Å². The molecule has 386 valence electrons. The van der Waals surface area contributed by atoms with E-state index in [9.17, 15) is 71.4 Å². The number of ketones is 1. The minimum Gasteiger partial charge on any atom is -0.496 e. The summed E-state index contributed by atoms with van der Waals surface area (Å²) in [5, 5.41) is 43.8. The maximum absolute atomic E-state index is 14.4. The van der Waals surface area contributed by atoms with Gasteiger partial charge in [-0.25, -0.2) is 0 Å². The van der Waals surface area contributed by atoms with Crippen LogP contribution < -0.4 is 31.3 Å². The number of amides is 5. The third-order valence-electron chi connectivity index (χ3n) is 11.7. The Hall–Kier alpha value is -8.24. The lowest BCUT2D eigenvalue weighted by Gasteiger charge is -2.27. The molecule has 0 saturated carbocycles. The zero-order valence-corrected chi connectivity index (χ0v) is 40.5. The van der Waals surface area contributed by atoms with E-state index in [-0.39, 0.29) is 36.1 Å². The Morgan fingerprint density at radius 2 is 0.945 bits per heavy atom. The van der Waals surface area contributed by atoms with Crippen LogP contribution in [0.4, 0.5) is 0 Å². The van der Waals surface area contributed by atoms with Crippen molar-refractivity contribution in [1.82, 2.24) is 26.6 Å². The van der Waals surface area contributed by atoms with Crippen LogP contribution in [-0.4, -0.2) is 119 Å². The van der Waals surface area contributed by atoms with Gasteiger partial charge in [0.1, 0.15) is 35.7 Å². The van der Waals surface area contributed by atoms with E-state index < -0.39 is 131 Å². The number of aliphatic carboxylic acids is 3. The molecule has 73 heavy (non-hydrogen) atoms. The number of fused-ring (bicyclic) bond motifs is 2. The molecule has 5 rings (SSSR count). The molecule has 9 N–H and O–H groups in total. The largest absolute Gasteiger partial charge is 0.496 e. The molecular formula is C51H55N5O16S. The summed E-state index contributed by atoms with van der Waals surface area (Å²) in [5.41, 5.74) is 1.15. The summed E-state index contributed by atoms with van der Waals surface area (Å²) in [7, 11) is -3.07. The van der Waals surface area contributed by atoms with Gasteiger partial charge in [-0.15, -0.1) is 0 Å². The lowest BCUT2D eigenvalue weighted by atomic mass is 9.97. The molecule has 0 radical (unpaired) electrons. The number of carbonyl (C=O) groups is 9. The monoisotopic (exact) mass is 1030 g/mol.